The lowest BCUT2D eigenvalue weighted by Crippen LogP contribution is -2.57. The van der Waals surface area contributed by atoms with Gasteiger partial charge in [-0.05, 0) is 52.3 Å². The van der Waals surface area contributed by atoms with Crippen LogP contribution in [-0.2, 0) is 13.6 Å². The molecule has 3 atom stereocenters. The Morgan fingerprint density at radius 3 is 2.72 bits per heavy atom. The Bertz CT molecular complexity index is 1400. The summed E-state index contributed by atoms with van der Waals surface area (Å²) >= 11 is 0. The fourth-order valence-corrected chi connectivity index (χ4v) is 5.39. The molecule has 4 heterocycles. The first kappa shape index (κ1) is 24.2. The van der Waals surface area contributed by atoms with Gasteiger partial charge in [-0.3, -0.25) is 14.4 Å². The van der Waals surface area contributed by atoms with Crippen molar-refractivity contribution in [1.82, 2.24) is 19.2 Å². The van der Waals surface area contributed by atoms with Gasteiger partial charge in [0.05, 0.1) is 23.5 Å². The van der Waals surface area contributed by atoms with Gasteiger partial charge in [0.15, 0.2) is 11.5 Å². The summed E-state index contributed by atoms with van der Waals surface area (Å²) in [7, 11) is 1.74. The summed E-state index contributed by atoms with van der Waals surface area (Å²) in [6.45, 7) is 13.0. The standard InChI is InChI=1S/C27H34N6O3/c1-17-14-33(21-12-25(34)30(6)22-15-31(10-9-28)29-26(21)22)18(2)13-32(17)19(3)20-7-8-23-24(11-20)36-27(4,5)16-35-23/h7-8,11-12,15,17-19H,10,13-14,16H2,1-6H3/t17-,18+,19+/m1/s1. The van der Waals surface area contributed by atoms with Crippen LogP contribution in [0.1, 0.15) is 46.2 Å². The summed E-state index contributed by atoms with van der Waals surface area (Å²) in [5, 5.41) is 13.8. The lowest BCUT2D eigenvalue weighted by Gasteiger charge is -2.47. The van der Waals surface area contributed by atoms with E-state index in [-0.39, 0.29) is 35.8 Å². The number of benzene rings is 1. The fourth-order valence-electron chi connectivity index (χ4n) is 5.39. The van der Waals surface area contributed by atoms with Crippen molar-refractivity contribution in [2.45, 2.75) is 64.9 Å². The second-order valence-electron chi connectivity index (χ2n) is 10.7. The van der Waals surface area contributed by atoms with Crippen LogP contribution in [0.4, 0.5) is 5.69 Å². The van der Waals surface area contributed by atoms with Gasteiger partial charge in [0.1, 0.15) is 24.3 Å². The van der Waals surface area contributed by atoms with E-state index in [4.69, 9.17) is 14.7 Å². The van der Waals surface area contributed by atoms with Gasteiger partial charge in [-0.15, -0.1) is 0 Å². The maximum absolute atomic E-state index is 12.8. The van der Waals surface area contributed by atoms with Crippen molar-refractivity contribution >= 4 is 16.7 Å². The molecule has 2 aliphatic heterocycles. The van der Waals surface area contributed by atoms with E-state index in [1.807, 2.05) is 19.9 Å². The molecule has 0 aliphatic carbocycles. The van der Waals surface area contributed by atoms with E-state index < -0.39 is 0 Å². The first-order valence-electron chi connectivity index (χ1n) is 12.5. The number of nitrogens with zero attached hydrogens (tertiary/aromatic N) is 6. The van der Waals surface area contributed by atoms with Crippen molar-refractivity contribution in [3.8, 4) is 17.6 Å². The van der Waals surface area contributed by atoms with E-state index in [2.05, 4.69) is 53.9 Å². The molecule has 1 fully saturated rings. The molecule has 9 heteroatoms. The summed E-state index contributed by atoms with van der Waals surface area (Å²) in [4.78, 5) is 17.6. The molecule has 2 aromatic heterocycles. The quantitative estimate of drug-likeness (QED) is 0.553. The predicted octanol–water partition coefficient (Wildman–Crippen LogP) is 3.47. The van der Waals surface area contributed by atoms with Crippen LogP contribution >= 0.6 is 0 Å². The molecular formula is C27H34N6O3. The third-order valence-electron chi connectivity index (χ3n) is 7.42. The van der Waals surface area contributed by atoms with Gasteiger partial charge in [0.2, 0.25) is 0 Å². The molecule has 0 spiro atoms. The lowest BCUT2D eigenvalue weighted by atomic mass is 9.99. The van der Waals surface area contributed by atoms with E-state index in [0.29, 0.717) is 6.61 Å². The van der Waals surface area contributed by atoms with Crippen molar-refractivity contribution in [2.75, 3.05) is 24.6 Å². The number of fused-ring (bicyclic) bond motifs is 2. The summed E-state index contributed by atoms with van der Waals surface area (Å²) in [5.74, 6) is 1.59. The smallest absolute Gasteiger partial charge is 0.252 e. The molecule has 0 N–H and O–H groups in total. The van der Waals surface area contributed by atoms with Crippen LogP contribution in [-0.4, -0.2) is 56.6 Å². The Balaban J connectivity index is 1.42. The number of anilines is 1. The average Bonchev–Trinajstić information content (AvgIpc) is 3.25. The van der Waals surface area contributed by atoms with Crippen molar-refractivity contribution in [3.05, 3.63) is 46.4 Å². The number of hydrogen-bond acceptors (Lipinski definition) is 7. The second-order valence-corrected chi connectivity index (χ2v) is 10.7. The number of nitriles is 1. The zero-order valence-corrected chi connectivity index (χ0v) is 21.9. The number of aromatic nitrogens is 3. The predicted molar refractivity (Wildman–Crippen MR) is 139 cm³/mol. The van der Waals surface area contributed by atoms with Crippen LogP contribution in [0.5, 0.6) is 11.5 Å². The molecule has 190 valence electrons. The summed E-state index contributed by atoms with van der Waals surface area (Å²) in [6.07, 6.45) is 1.78. The minimum Gasteiger partial charge on any atom is -0.486 e. The van der Waals surface area contributed by atoms with Crippen molar-refractivity contribution < 1.29 is 9.47 Å². The van der Waals surface area contributed by atoms with Crippen molar-refractivity contribution in [2.24, 2.45) is 7.05 Å². The molecule has 0 radical (unpaired) electrons. The minimum absolute atomic E-state index is 0.0798. The number of rotatable bonds is 4. The van der Waals surface area contributed by atoms with Crippen LogP contribution in [0, 0.1) is 11.3 Å². The topological polar surface area (TPSA) is 88.5 Å². The van der Waals surface area contributed by atoms with Crippen molar-refractivity contribution in [3.63, 3.8) is 0 Å². The molecule has 1 aromatic carbocycles. The van der Waals surface area contributed by atoms with Crippen LogP contribution in [0.25, 0.3) is 11.0 Å². The van der Waals surface area contributed by atoms with E-state index in [1.54, 1.807) is 28.6 Å². The Morgan fingerprint density at radius 1 is 1.19 bits per heavy atom. The number of aryl methyl sites for hydroxylation is 1. The normalized spacial score (nSPS) is 22.4. The Labute approximate surface area is 211 Å². The van der Waals surface area contributed by atoms with E-state index >= 15 is 0 Å². The number of hydrogen-bond donors (Lipinski definition) is 0. The molecular weight excluding hydrogens is 456 g/mol. The van der Waals surface area contributed by atoms with Gasteiger partial charge in [-0.1, -0.05) is 6.07 Å². The summed E-state index contributed by atoms with van der Waals surface area (Å²) in [6, 6.07) is 10.6. The van der Waals surface area contributed by atoms with Gasteiger partial charge in [0.25, 0.3) is 5.56 Å². The highest BCUT2D eigenvalue weighted by Crippen LogP contribution is 2.39. The number of ether oxygens (including phenoxy) is 2. The summed E-state index contributed by atoms with van der Waals surface area (Å²) < 4.78 is 15.3. The third kappa shape index (κ3) is 4.20. The molecule has 0 amide bonds. The van der Waals surface area contributed by atoms with Gasteiger partial charge in [-0.2, -0.15) is 10.4 Å². The largest absolute Gasteiger partial charge is 0.486 e. The Kier molecular flexibility index (Phi) is 5.95. The number of pyridine rings is 1. The molecule has 0 unspecified atom stereocenters. The lowest BCUT2D eigenvalue weighted by molar-refractivity contribution is 0.0209. The first-order chi connectivity index (χ1) is 17.1. The molecule has 0 saturated carbocycles. The second kappa shape index (κ2) is 8.86. The monoisotopic (exact) mass is 490 g/mol. The maximum Gasteiger partial charge on any atom is 0.252 e. The van der Waals surface area contributed by atoms with Crippen LogP contribution in [0.15, 0.2) is 35.3 Å². The highest BCUT2D eigenvalue weighted by atomic mass is 16.6. The van der Waals surface area contributed by atoms with Crippen LogP contribution in [0.3, 0.4) is 0 Å². The molecule has 5 rings (SSSR count). The van der Waals surface area contributed by atoms with Gasteiger partial charge >= 0.3 is 0 Å². The van der Waals surface area contributed by atoms with E-state index in [9.17, 15) is 4.79 Å². The van der Waals surface area contributed by atoms with Gasteiger partial charge < -0.3 is 18.9 Å². The van der Waals surface area contributed by atoms with Crippen LogP contribution in [0.2, 0.25) is 0 Å². The van der Waals surface area contributed by atoms with Gasteiger partial charge in [0, 0.05) is 44.3 Å². The Morgan fingerprint density at radius 2 is 1.97 bits per heavy atom. The highest BCUT2D eigenvalue weighted by Gasteiger charge is 2.35. The van der Waals surface area contributed by atoms with E-state index in [0.717, 1.165) is 41.3 Å². The zero-order chi connectivity index (χ0) is 25.8. The third-order valence-corrected chi connectivity index (χ3v) is 7.42. The molecule has 0 bridgehead atoms. The minimum atomic E-state index is -0.347. The molecule has 3 aromatic rings. The van der Waals surface area contributed by atoms with Crippen LogP contribution < -0.4 is 19.9 Å². The zero-order valence-electron chi connectivity index (χ0n) is 21.9. The molecule has 36 heavy (non-hydrogen) atoms. The van der Waals surface area contributed by atoms with E-state index in [1.165, 1.54) is 5.56 Å². The SMILES string of the molecule is C[C@@H]1CN(c2cc(=O)n(C)c3cn(CC#N)nc23)[C@@H](C)CN1[C@@H](C)c1ccc2c(c1)OC(C)(C)CO2. The number of piperazine rings is 1. The first-order valence-corrected chi connectivity index (χ1v) is 12.5. The highest BCUT2D eigenvalue weighted by molar-refractivity contribution is 5.88. The molecule has 9 nitrogen and oxygen atoms in total. The molecule has 1 saturated heterocycles. The average molecular weight is 491 g/mol. The summed E-state index contributed by atoms with van der Waals surface area (Å²) in [5.41, 5.74) is 3.08. The maximum atomic E-state index is 12.8. The fraction of sp³-hybridized carbons (Fsp3) is 0.519. The molecule has 2 aliphatic rings. The van der Waals surface area contributed by atoms with Gasteiger partial charge in [-0.25, -0.2) is 0 Å². The van der Waals surface area contributed by atoms with Crippen molar-refractivity contribution in [1.29, 1.82) is 5.26 Å². The Hall–Kier alpha value is -3.51.